The van der Waals surface area contributed by atoms with E-state index in [0.29, 0.717) is 13.0 Å². The van der Waals surface area contributed by atoms with Gasteiger partial charge in [-0.15, -0.1) is 0 Å². The fourth-order valence-corrected chi connectivity index (χ4v) is 2.31. The van der Waals surface area contributed by atoms with E-state index in [2.05, 4.69) is 16.7 Å². The summed E-state index contributed by atoms with van der Waals surface area (Å²) in [5.74, 6) is 0. The molecule has 1 aliphatic rings. The van der Waals surface area contributed by atoms with Crippen LogP contribution in [0, 0.1) is 0 Å². The van der Waals surface area contributed by atoms with E-state index in [-0.39, 0.29) is 0 Å². The Hall–Kier alpha value is -1.32. The van der Waals surface area contributed by atoms with Crippen molar-refractivity contribution in [1.29, 1.82) is 0 Å². The summed E-state index contributed by atoms with van der Waals surface area (Å²) in [6.07, 6.45) is -0.731. The molecule has 2 atom stereocenters. The van der Waals surface area contributed by atoms with Gasteiger partial charge in [0, 0.05) is 17.6 Å². The van der Waals surface area contributed by atoms with Crippen LogP contribution >= 0.6 is 0 Å². The minimum atomic E-state index is -0.645. The standard InChI is InChI=1S/C12H13NO2/c14-11-6-9-5-8-3-1-2-4-10(8)13(9)7-12(11)15/h1-5,11-12,14-15H,6-7H2/t11-,12+/m0/s1. The molecule has 3 heteroatoms. The van der Waals surface area contributed by atoms with Crippen LogP contribution in [0.2, 0.25) is 0 Å². The van der Waals surface area contributed by atoms with Crippen molar-refractivity contribution in [2.75, 3.05) is 0 Å². The summed E-state index contributed by atoms with van der Waals surface area (Å²) in [7, 11) is 0. The third-order valence-electron chi connectivity index (χ3n) is 3.13. The van der Waals surface area contributed by atoms with Gasteiger partial charge in [0.1, 0.15) is 0 Å². The quantitative estimate of drug-likeness (QED) is 0.668. The van der Waals surface area contributed by atoms with E-state index in [1.807, 2.05) is 18.2 Å². The van der Waals surface area contributed by atoms with Gasteiger partial charge in [0.15, 0.2) is 0 Å². The van der Waals surface area contributed by atoms with Gasteiger partial charge in [-0.25, -0.2) is 0 Å². The van der Waals surface area contributed by atoms with Gasteiger partial charge in [-0.3, -0.25) is 0 Å². The highest BCUT2D eigenvalue weighted by Gasteiger charge is 2.26. The predicted molar refractivity (Wildman–Crippen MR) is 57.7 cm³/mol. The summed E-state index contributed by atoms with van der Waals surface area (Å²) in [4.78, 5) is 0. The molecule has 1 aromatic heterocycles. The molecule has 0 unspecified atom stereocenters. The normalized spacial score (nSPS) is 25.5. The van der Waals surface area contributed by atoms with Gasteiger partial charge in [0.2, 0.25) is 0 Å². The second-order valence-corrected chi connectivity index (χ2v) is 4.14. The lowest BCUT2D eigenvalue weighted by Gasteiger charge is -2.26. The van der Waals surface area contributed by atoms with Crippen LogP contribution < -0.4 is 0 Å². The van der Waals surface area contributed by atoms with Crippen molar-refractivity contribution in [2.24, 2.45) is 0 Å². The lowest BCUT2D eigenvalue weighted by atomic mass is 10.0. The second kappa shape index (κ2) is 3.08. The van der Waals surface area contributed by atoms with Crippen LogP contribution in [0.5, 0.6) is 0 Å². The van der Waals surface area contributed by atoms with Crippen LogP contribution in [0.15, 0.2) is 30.3 Å². The van der Waals surface area contributed by atoms with E-state index < -0.39 is 12.2 Å². The third-order valence-corrected chi connectivity index (χ3v) is 3.13. The van der Waals surface area contributed by atoms with Gasteiger partial charge >= 0.3 is 0 Å². The zero-order chi connectivity index (χ0) is 10.4. The Kier molecular flexibility index (Phi) is 1.84. The smallest absolute Gasteiger partial charge is 0.0981 e. The Morgan fingerprint density at radius 3 is 2.80 bits per heavy atom. The molecule has 3 rings (SSSR count). The van der Waals surface area contributed by atoms with Crippen LogP contribution in [-0.4, -0.2) is 27.0 Å². The Morgan fingerprint density at radius 1 is 1.13 bits per heavy atom. The van der Waals surface area contributed by atoms with Gasteiger partial charge < -0.3 is 14.8 Å². The molecule has 0 bridgehead atoms. The number of fused-ring (bicyclic) bond motifs is 3. The average molecular weight is 203 g/mol. The number of nitrogens with zero attached hydrogens (tertiary/aromatic N) is 1. The molecular formula is C12H13NO2. The lowest BCUT2D eigenvalue weighted by Crippen LogP contribution is -2.37. The van der Waals surface area contributed by atoms with Crippen molar-refractivity contribution >= 4 is 10.9 Å². The lowest BCUT2D eigenvalue weighted by molar-refractivity contribution is -0.00170. The van der Waals surface area contributed by atoms with Crippen LogP contribution in [0.1, 0.15) is 5.69 Å². The van der Waals surface area contributed by atoms with Crippen LogP contribution in [0.4, 0.5) is 0 Å². The molecule has 0 saturated carbocycles. The van der Waals surface area contributed by atoms with Gasteiger partial charge in [0.05, 0.1) is 18.8 Å². The molecule has 2 N–H and O–H groups in total. The molecule has 0 fully saturated rings. The van der Waals surface area contributed by atoms with Crippen molar-refractivity contribution in [1.82, 2.24) is 4.57 Å². The molecule has 0 spiro atoms. The third kappa shape index (κ3) is 1.28. The van der Waals surface area contributed by atoms with E-state index in [0.717, 1.165) is 11.2 Å². The minimum Gasteiger partial charge on any atom is -0.390 e. The van der Waals surface area contributed by atoms with E-state index >= 15 is 0 Å². The Balaban J connectivity index is 2.21. The fourth-order valence-electron chi connectivity index (χ4n) is 2.31. The zero-order valence-electron chi connectivity index (χ0n) is 8.30. The van der Waals surface area contributed by atoms with Crippen molar-refractivity contribution in [2.45, 2.75) is 25.2 Å². The first-order valence-electron chi connectivity index (χ1n) is 5.19. The van der Waals surface area contributed by atoms with Crippen molar-refractivity contribution in [3.05, 3.63) is 36.0 Å². The molecule has 2 heterocycles. The van der Waals surface area contributed by atoms with Crippen LogP contribution in [-0.2, 0) is 13.0 Å². The molecule has 0 saturated heterocycles. The number of hydrogen-bond donors (Lipinski definition) is 2. The van der Waals surface area contributed by atoms with Gasteiger partial charge in [-0.05, 0) is 17.5 Å². The fraction of sp³-hybridized carbons (Fsp3) is 0.333. The van der Waals surface area contributed by atoms with Crippen molar-refractivity contribution in [3.8, 4) is 0 Å². The topological polar surface area (TPSA) is 45.4 Å². The maximum atomic E-state index is 9.63. The van der Waals surface area contributed by atoms with E-state index in [4.69, 9.17) is 0 Å². The first-order chi connectivity index (χ1) is 7.25. The second-order valence-electron chi connectivity index (χ2n) is 4.14. The number of para-hydroxylation sites is 1. The van der Waals surface area contributed by atoms with Crippen LogP contribution in [0.3, 0.4) is 0 Å². The monoisotopic (exact) mass is 203 g/mol. The number of rotatable bonds is 0. The van der Waals surface area contributed by atoms with Crippen molar-refractivity contribution in [3.63, 3.8) is 0 Å². The molecule has 1 aromatic carbocycles. The SMILES string of the molecule is O[C@@H]1Cn2c(cc3ccccc32)C[C@@H]1O. The summed E-state index contributed by atoms with van der Waals surface area (Å²) >= 11 is 0. The highest BCUT2D eigenvalue weighted by molar-refractivity contribution is 5.81. The molecule has 2 aromatic rings. The molecule has 1 aliphatic heterocycles. The molecular weight excluding hydrogens is 190 g/mol. The first-order valence-corrected chi connectivity index (χ1v) is 5.19. The van der Waals surface area contributed by atoms with E-state index in [9.17, 15) is 10.2 Å². The largest absolute Gasteiger partial charge is 0.390 e. The Labute approximate surface area is 87.6 Å². The summed E-state index contributed by atoms with van der Waals surface area (Å²) in [6.45, 7) is 0.490. The molecule has 0 aliphatic carbocycles. The van der Waals surface area contributed by atoms with Gasteiger partial charge in [-0.2, -0.15) is 0 Å². The van der Waals surface area contributed by atoms with E-state index in [1.54, 1.807) is 0 Å². The number of benzene rings is 1. The molecule has 15 heavy (non-hydrogen) atoms. The molecule has 3 nitrogen and oxygen atoms in total. The number of aliphatic hydroxyl groups is 2. The highest BCUT2D eigenvalue weighted by Crippen LogP contribution is 2.25. The number of aromatic nitrogens is 1. The summed E-state index contributed by atoms with van der Waals surface area (Å²) < 4.78 is 2.09. The molecule has 78 valence electrons. The summed E-state index contributed by atoms with van der Waals surface area (Å²) in [5.41, 5.74) is 2.24. The van der Waals surface area contributed by atoms with Gasteiger partial charge in [0.25, 0.3) is 0 Å². The maximum absolute atomic E-state index is 9.63. The average Bonchev–Trinajstić information content (AvgIpc) is 2.57. The summed E-state index contributed by atoms with van der Waals surface area (Å²) in [6, 6.07) is 10.2. The Bertz CT molecular complexity index is 503. The van der Waals surface area contributed by atoms with Gasteiger partial charge in [-0.1, -0.05) is 18.2 Å². The van der Waals surface area contributed by atoms with Crippen molar-refractivity contribution < 1.29 is 10.2 Å². The Morgan fingerprint density at radius 2 is 1.93 bits per heavy atom. The summed E-state index contributed by atoms with van der Waals surface area (Å²) in [5, 5.41) is 20.4. The number of hydrogen-bond acceptors (Lipinski definition) is 2. The van der Waals surface area contributed by atoms with Crippen LogP contribution in [0.25, 0.3) is 10.9 Å². The highest BCUT2D eigenvalue weighted by atomic mass is 16.3. The molecule has 0 radical (unpaired) electrons. The maximum Gasteiger partial charge on any atom is 0.0981 e. The zero-order valence-corrected chi connectivity index (χ0v) is 8.30. The predicted octanol–water partition coefficient (Wildman–Crippen LogP) is 0.919. The number of aliphatic hydroxyl groups excluding tert-OH is 2. The first kappa shape index (κ1) is 8.95. The van der Waals surface area contributed by atoms with E-state index in [1.165, 1.54) is 5.39 Å². The minimum absolute atomic E-state index is 0.490. The molecule has 0 amide bonds.